The van der Waals surface area contributed by atoms with Gasteiger partial charge in [-0.25, -0.2) is 4.79 Å². The zero-order chi connectivity index (χ0) is 21.4. The lowest BCUT2D eigenvalue weighted by Crippen LogP contribution is -2.38. The first-order valence-corrected chi connectivity index (χ1v) is 9.23. The van der Waals surface area contributed by atoms with Crippen molar-refractivity contribution in [3.05, 3.63) is 69.8 Å². The second-order valence-electron chi connectivity index (χ2n) is 6.45. The Morgan fingerprint density at radius 2 is 1.86 bits per heavy atom. The second kappa shape index (κ2) is 10.2. The largest absolute Gasteiger partial charge is 0.474 e. The van der Waals surface area contributed by atoms with Gasteiger partial charge in [-0.3, -0.25) is 14.9 Å². The number of benzene rings is 2. The van der Waals surface area contributed by atoms with E-state index in [1.54, 1.807) is 0 Å². The van der Waals surface area contributed by atoms with E-state index in [0.29, 0.717) is 6.54 Å². The summed E-state index contributed by atoms with van der Waals surface area (Å²) < 4.78 is 10.1. The minimum Gasteiger partial charge on any atom is -0.474 e. The molecule has 2 aromatic carbocycles. The summed E-state index contributed by atoms with van der Waals surface area (Å²) in [7, 11) is 1.18. The molecule has 0 unspecified atom stereocenters. The van der Waals surface area contributed by atoms with E-state index in [4.69, 9.17) is 4.74 Å². The van der Waals surface area contributed by atoms with E-state index in [0.717, 1.165) is 18.1 Å². The molecule has 0 fully saturated rings. The van der Waals surface area contributed by atoms with Crippen LogP contribution in [0, 0.1) is 10.1 Å². The molecule has 0 aliphatic heterocycles. The Labute approximate surface area is 169 Å². The summed E-state index contributed by atoms with van der Waals surface area (Å²) >= 11 is 0. The first-order valence-electron chi connectivity index (χ1n) is 9.23. The van der Waals surface area contributed by atoms with Gasteiger partial charge in [-0.05, 0) is 31.0 Å². The Balaban J connectivity index is 2.05. The number of methoxy groups -OCH3 is 1. The maximum absolute atomic E-state index is 12.4. The van der Waals surface area contributed by atoms with Crippen molar-refractivity contribution in [3.8, 4) is 5.75 Å². The number of hydrogen-bond donors (Lipinski definition) is 1. The third kappa shape index (κ3) is 5.78. The molecule has 0 spiro atoms. The second-order valence-corrected chi connectivity index (χ2v) is 6.45. The molecule has 29 heavy (non-hydrogen) atoms. The number of esters is 1. The van der Waals surface area contributed by atoms with Gasteiger partial charge in [-0.1, -0.05) is 37.3 Å². The van der Waals surface area contributed by atoms with Crippen LogP contribution in [0.5, 0.6) is 5.75 Å². The predicted octanol–water partition coefficient (Wildman–Crippen LogP) is 3.46. The molecule has 0 aromatic heterocycles. The average Bonchev–Trinajstić information content (AvgIpc) is 2.74. The van der Waals surface area contributed by atoms with Crippen LogP contribution in [0.1, 0.15) is 42.1 Å². The van der Waals surface area contributed by atoms with Gasteiger partial charge < -0.3 is 14.8 Å². The molecule has 8 heteroatoms. The van der Waals surface area contributed by atoms with Crippen molar-refractivity contribution in [2.45, 2.75) is 32.3 Å². The molecule has 1 amide bonds. The molecule has 8 nitrogen and oxygen atoms in total. The third-order valence-electron chi connectivity index (χ3n) is 4.54. The van der Waals surface area contributed by atoms with Crippen molar-refractivity contribution >= 4 is 17.6 Å². The van der Waals surface area contributed by atoms with Crippen molar-refractivity contribution in [2.75, 3.05) is 13.7 Å². The number of nitrogens with one attached hydrogen (secondary N) is 1. The lowest BCUT2D eigenvalue weighted by Gasteiger charge is -2.19. The number of nitrogens with zero attached hydrogens (tertiary/aromatic N) is 1. The topological polar surface area (TPSA) is 108 Å². The highest BCUT2D eigenvalue weighted by Crippen LogP contribution is 2.29. The minimum absolute atomic E-state index is 0.0253. The van der Waals surface area contributed by atoms with Gasteiger partial charge in [0.1, 0.15) is 0 Å². The van der Waals surface area contributed by atoms with E-state index in [9.17, 15) is 19.7 Å². The van der Waals surface area contributed by atoms with Crippen LogP contribution in [0.15, 0.2) is 48.5 Å². The van der Waals surface area contributed by atoms with Gasteiger partial charge in [0.05, 0.1) is 17.6 Å². The zero-order valence-electron chi connectivity index (χ0n) is 16.6. The van der Waals surface area contributed by atoms with Gasteiger partial charge in [0.15, 0.2) is 11.9 Å². The number of carbonyl (C=O) groups is 2. The smallest absolute Gasteiger partial charge is 0.338 e. The molecule has 1 N–H and O–H groups in total. The van der Waals surface area contributed by atoms with Crippen LogP contribution in [0.3, 0.4) is 0 Å². The van der Waals surface area contributed by atoms with E-state index < -0.39 is 22.7 Å². The Kier molecular flexibility index (Phi) is 7.70. The Bertz CT molecular complexity index is 869. The molecule has 0 saturated carbocycles. The number of amides is 1. The summed E-state index contributed by atoms with van der Waals surface area (Å²) in [5, 5.41) is 14.2. The lowest BCUT2D eigenvalue weighted by atomic mass is 9.96. The molecule has 2 atom stereocenters. The average molecular weight is 400 g/mol. The van der Waals surface area contributed by atoms with Gasteiger partial charge in [0, 0.05) is 18.5 Å². The van der Waals surface area contributed by atoms with Crippen molar-refractivity contribution in [1.29, 1.82) is 0 Å². The van der Waals surface area contributed by atoms with Gasteiger partial charge >= 0.3 is 11.7 Å². The summed E-state index contributed by atoms with van der Waals surface area (Å²) in [5.41, 5.74) is 0.735. The monoisotopic (exact) mass is 400 g/mol. The molecular formula is C21H24N2O6. The number of nitro benzene ring substituents is 1. The highest BCUT2D eigenvalue weighted by Gasteiger charge is 2.23. The maximum Gasteiger partial charge on any atom is 0.338 e. The van der Waals surface area contributed by atoms with E-state index in [-0.39, 0.29) is 23.1 Å². The van der Waals surface area contributed by atoms with Gasteiger partial charge in [-0.15, -0.1) is 0 Å². The molecule has 0 aliphatic rings. The maximum atomic E-state index is 12.4. The minimum atomic E-state index is -0.953. The molecule has 154 valence electrons. The Hall–Kier alpha value is -3.42. The fraction of sp³-hybridized carbons (Fsp3) is 0.333. The SMILES string of the molecule is CC[C@H](CNC(=O)[C@H](C)Oc1ccc(C(=O)OC)cc1[N+](=O)[O-])c1ccccc1. The van der Waals surface area contributed by atoms with Crippen LogP contribution in [-0.2, 0) is 9.53 Å². The van der Waals surface area contributed by atoms with Crippen LogP contribution in [0.4, 0.5) is 5.69 Å². The molecule has 2 rings (SSSR count). The van der Waals surface area contributed by atoms with Crippen LogP contribution < -0.4 is 10.1 Å². The van der Waals surface area contributed by atoms with Crippen molar-refractivity contribution in [1.82, 2.24) is 5.32 Å². The van der Waals surface area contributed by atoms with Gasteiger partial charge in [-0.2, -0.15) is 0 Å². The first-order chi connectivity index (χ1) is 13.9. The van der Waals surface area contributed by atoms with Crippen molar-refractivity contribution in [2.24, 2.45) is 0 Å². The number of carbonyl (C=O) groups excluding carboxylic acids is 2. The summed E-state index contributed by atoms with van der Waals surface area (Å²) in [6.07, 6.45) is -0.106. The van der Waals surface area contributed by atoms with Crippen LogP contribution in [-0.4, -0.2) is 36.6 Å². The molecule has 0 radical (unpaired) electrons. The summed E-state index contributed by atoms with van der Waals surface area (Å²) in [4.78, 5) is 34.6. The quantitative estimate of drug-likeness (QED) is 0.392. The van der Waals surface area contributed by atoms with Crippen molar-refractivity contribution in [3.63, 3.8) is 0 Å². The van der Waals surface area contributed by atoms with E-state index in [1.165, 1.54) is 26.2 Å². The lowest BCUT2D eigenvalue weighted by molar-refractivity contribution is -0.386. The number of nitro groups is 1. The Morgan fingerprint density at radius 1 is 1.17 bits per heavy atom. The fourth-order valence-corrected chi connectivity index (χ4v) is 2.84. The molecule has 0 heterocycles. The van der Waals surface area contributed by atoms with E-state index in [1.807, 2.05) is 37.3 Å². The first kappa shape index (κ1) is 21.9. The number of rotatable bonds is 9. The summed E-state index contributed by atoms with van der Waals surface area (Å²) in [6.45, 7) is 3.98. The number of ether oxygens (including phenoxy) is 2. The van der Waals surface area contributed by atoms with Crippen LogP contribution in [0.25, 0.3) is 0 Å². The van der Waals surface area contributed by atoms with Crippen LogP contribution >= 0.6 is 0 Å². The molecule has 0 aliphatic carbocycles. The highest BCUT2D eigenvalue weighted by molar-refractivity contribution is 5.90. The standard InChI is InChI=1S/C21H24N2O6/c1-4-15(16-8-6-5-7-9-16)13-22-20(24)14(2)29-19-11-10-17(21(25)28-3)12-18(19)23(26)27/h5-12,14-15H,4,13H2,1-3H3,(H,22,24)/t14-,15+/m0/s1. The number of hydrogen-bond acceptors (Lipinski definition) is 6. The van der Waals surface area contributed by atoms with Gasteiger partial charge in [0.2, 0.25) is 0 Å². The highest BCUT2D eigenvalue weighted by atomic mass is 16.6. The van der Waals surface area contributed by atoms with Gasteiger partial charge in [0.25, 0.3) is 5.91 Å². The summed E-state index contributed by atoms with van der Waals surface area (Å²) in [6, 6.07) is 13.5. The predicted molar refractivity (Wildman–Crippen MR) is 107 cm³/mol. The third-order valence-corrected chi connectivity index (χ3v) is 4.54. The molecular weight excluding hydrogens is 376 g/mol. The zero-order valence-corrected chi connectivity index (χ0v) is 16.6. The van der Waals surface area contributed by atoms with E-state index >= 15 is 0 Å². The fourth-order valence-electron chi connectivity index (χ4n) is 2.84. The van der Waals surface area contributed by atoms with E-state index in [2.05, 4.69) is 10.1 Å². The Morgan fingerprint density at radius 3 is 2.45 bits per heavy atom. The normalized spacial score (nSPS) is 12.5. The van der Waals surface area contributed by atoms with Crippen LogP contribution in [0.2, 0.25) is 0 Å². The molecule has 0 saturated heterocycles. The van der Waals surface area contributed by atoms with Crippen molar-refractivity contribution < 1.29 is 24.0 Å². The molecule has 0 bridgehead atoms. The summed E-state index contributed by atoms with van der Waals surface area (Å²) in [5.74, 6) is -1.02. The molecule has 2 aromatic rings.